The quantitative estimate of drug-likeness (QED) is 0.732. The zero-order chi connectivity index (χ0) is 18.0. The Hall–Kier alpha value is -3.15. The monoisotopic (exact) mass is 341 g/mol. The zero-order valence-electron chi connectivity index (χ0n) is 13.8. The van der Waals surface area contributed by atoms with E-state index in [4.69, 9.17) is 4.42 Å². The molecule has 0 fully saturated rings. The number of rotatable bonds is 4. The number of hydrogen-bond donors (Lipinski definition) is 1. The largest absolute Gasteiger partial charge is 0.465 e. The van der Waals surface area contributed by atoms with Crippen molar-refractivity contribution < 1.29 is 23.1 Å². The average molecular weight is 341 g/mol. The lowest BCUT2D eigenvalue weighted by molar-refractivity contribution is -0.115. The van der Waals surface area contributed by atoms with Gasteiger partial charge in [-0.15, -0.1) is 0 Å². The van der Waals surface area contributed by atoms with Crippen LogP contribution in [0.4, 0.5) is 10.1 Å². The molecule has 0 saturated heterocycles. The number of benzene rings is 2. The molecular formula is C19H16FNO4. The Bertz CT molecular complexity index is 961. The van der Waals surface area contributed by atoms with Gasteiger partial charge in [0.2, 0.25) is 5.91 Å². The smallest absolute Gasteiger partial charge is 0.337 e. The summed E-state index contributed by atoms with van der Waals surface area (Å²) in [6, 6.07) is 9.35. The van der Waals surface area contributed by atoms with Gasteiger partial charge in [-0.1, -0.05) is 12.1 Å². The lowest BCUT2D eigenvalue weighted by Gasteiger charge is -2.08. The minimum Gasteiger partial charge on any atom is -0.465 e. The van der Waals surface area contributed by atoms with E-state index < -0.39 is 17.7 Å². The van der Waals surface area contributed by atoms with E-state index in [-0.39, 0.29) is 17.7 Å². The number of esters is 1. The molecule has 0 aliphatic rings. The number of carbonyl (C=O) groups is 2. The van der Waals surface area contributed by atoms with E-state index in [0.717, 1.165) is 17.0 Å². The van der Waals surface area contributed by atoms with Crippen molar-refractivity contribution >= 4 is 28.5 Å². The van der Waals surface area contributed by atoms with E-state index in [2.05, 4.69) is 10.1 Å². The predicted molar refractivity (Wildman–Crippen MR) is 91.0 cm³/mol. The zero-order valence-corrected chi connectivity index (χ0v) is 13.8. The maximum atomic E-state index is 13.9. The average Bonchev–Trinajstić information content (AvgIpc) is 2.97. The van der Waals surface area contributed by atoms with Gasteiger partial charge in [-0.05, 0) is 36.8 Å². The minimum atomic E-state index is -0.631. The third-order valence-electron chi connectivity index (χ3n) is 3.82. The molecule has 1 heterocycles. The number of hydrogen-bond acceptors (Lipinski definition) is 4. The summed E-state index contributed by atoms with van der Waals surface area (Å²) in [5.74, 6) is -1.65. The van der Waals surface area contributed by atoms with Gasteiger partial charge in [-0.3, -0.25) is 4.79 Å². The van der Waals surface area contributed by atoms with E-state index in [1.807, 2.05) is 25.1 Å². The van der Waals surface area contributed by atoms with Gasteiger partial charge in [0.05, 0.1) is 31.0 Å². The van der Waals surface area contributed by atoms with Crippen LogP contribution in [0.3, 0.4) is 0 Å². The molecule has 5 nitrogen and oxygen atoms in total. The summed E-state index contributed by atoms with van der Waals surface area (Å²) in [5.41, 5.74) is 2.54. The Morgan fingerprint density at radius 2 is 2.00 bits per heavy atom. The maximum absolute atomic E-state index is 13.9. The van der Waals surface area contributed by atoms with Crippen LogP contribution < -0.4 is 5.32 Å². The van der Waals surface area contributed by atoms with Crippen LogP contribution >= 0.6 is 0 Å². The molecule has 25 heavy (non-hydrogen) atoms. The van der Waals surface area contributed by atoms with Crippen LogP contribution in [-0.4, -0.2) is 19.0 Å². The van der Waals surface area contributed by atoms with Gasteiger partial charge < -0.3 is 14.5 Å². The van der Waals surface area contributed by atoms with E-state index >= 15 is 0 Å². The van der Waals surface area contributed by atoms with Crippen LogP contribution in [-0.2, 0) is 16.0 Å². The molecule has 0 radical (unpaired) electrons. The lowest BCUT2D eigenvalue weighted by atomic mass is 10.1. The fraction of sp³-hybridized carbons (Fsp3) is 0.158. The van der Waals surface area contributed by atoms with Crippen molar-refractivity contribution in [3.63, 3.8) is 0 Å². The van der Waals surface area contributed by atoms with Crippen molar-refractivity contribution in [3.8, 4) is 0 Å². The molecule has 3 rings (SSSR count). The van der Waals surface area contributed by atoms with E-state index in [0.29, 0.717) is 11.1 Å². The predicted octanol–water partition coefficient (Wildman–Crippen LogP) is 3.85. The minimum absolute atomic E-state index is 0.0257. The molecule has 0 aliphatic heterocycles. The SMILES string of the molecule is COC(=O)c1ccc(F)c(NC(=O)Cc2coc3cc(C)ccc23)c1. The number of anilines is 1. The van der Waals surface area contributed by atoms with E-state index in [1.165, 1.54) is 25.5 Å². The van der Waals surface area contributed by atoms with Gasteiger partial charge in [0.25, 0.3) is 0 Å². The molecule has 128 valence electrons. The molecule has 2 aromatic carbocycles. The summed E-state index contributed by atoms with van der Waals surface area (Å²) in [5, 5.41) is 3.32. The highest BCUT2D eigenvalue weighted by atomic mass is 19.1. The van der Waals surface area contributed by atoms with Gasteiger partial charge in [-0.2, -0.15) is 0 Å². The number of aryl methyl sites for hydroxylation is 1. The van der Waals surface area contributed by atoms with Crippen LogP contribution in [0, 0.1) is 12.7 Å². The molecule has 0 aliphatic carbocycles. The van der Waals surface area contributed by atoms with Gasteiger partial charge in [0.15, 0.2) is 0 Å². The number of halogens is 1. The molecule has 0 unspecified atom stereocenters. The topological polar surface area (TPSA) is 68.5 Å². The second-order valence-corrected chi connectivity index (χ2v) is 5.67. The highest BCUT2D eigenvalue weighted by molar-refractivity contribution is 5.97. The first-order valence-electron chi connectivity index (χ1n) is 7.62. The Morgan fingerprint density at radius 3 is 2.76 bits per heavy atom. The van der Waals surface area contributed by atoms with Crippen molar-refractivity contribution in [2.75, 3.05) is 12.4 Å². The Kier molecular flexibility index (Phi) is 4.52. The van der Waals surface area contributed by atoms with Crippen LogP contribution in [0.5, 0.6) is 0 Å². The molecule has 1 N–H and O–H groups in total. The number of ether oxygens (including phenoxy) is 1. The number of nitrogens with one attached hydrogen (secondary N) is 1. The number of fused-ring (bicyclic) bond motifs is 1. The first-order chi connectivity index (χ1) is 12.0. The highest BCUT2D eigenvalue weighted by Crippen LogP contribution is 2.23. The van der Waals surface area contributed by atoms with E-state index in [9.17, 15) is 14.0 Å². The number of furan rings is 1. The summed E-state index contributed by atoms with van der Waals surface area (Å²) < 4.78 is 23.9. The van der Waals surface area contributed by atoms with Crippen LogP contribution in [0.1, 0.15) is 21.5 Å². The van der Waals surface area contributed by atoms with Gasteiger partial charge in [0, 0.05) is 10.9 Å². The molecule has 0 saturated carbocycles. The van der Waals surface area contributed by atoms with Crippen molar-refractivity contribution in [1.82, 2.24) is 0 Å². The van der Waals surface area contributed by atoms with E-state index in [1.54, 1.807) is 0 Å². The molecule has 0 atom stereocenters. The summed E-state index contributed by atoms with van der Waals surface area (Å²) in [6.45, 7) is 1.95. The Morgan fingerprint density at radius 1 is 1.20 bits per heavy atom. The summed E-state index contributed by atoms with van der Waals surface area (Å²) >= 11 is 0. The molecule has 6 heteroatoms. The van der Waals surface area contributed by atoms with Crippen molar-refractivity contribution in [2.24, 2.45) is 0 Å². The summed E-state index contributed by atoms with van der Waals surface area (Å²) in [7, 11) is 1.23. The second-order valence-electron chi connectivity index (χ2n) is 5.67. The fourth-order valence-corrected chi connectivity index (χ4v) is 2.56. The molecular weight excluding hydrogens is 325 g/mol. The second kappa shape index (κ2) is 6.76. The molecule has 3 aromatic rings. The highest BCUT2D eigenvalue weighted by Gasteiger charge is 2.14. The maximum Gasteiger partial charge on any atom is 0.337 e. The van der Waals surface area contributed by atoms with Crippen molar-refractivity contribution in [1.29, 1.82) is 0 Å². The van der Waals surface area contributed by atoms with Crippen LogP contribution in [0.15, 0.2) is 47.1 Å². The summed E-state index contributed by atoms with van der Waals surface area (Å²) in [6.07, 6.45) is 1.54. The Balaban J connectivity index is 1.79. The molecule has 1 amide bonds. The van der Waals surface area contributed by atoms with Crippen molar-refractivity contribution in [2.45, 2.75) is 13.3 Å². The Labute approximate surface area is 143 Å². The van der Waals surface area contributed by atoms with Gasteiger partial charge in [-0.25, -0.2) is 9.18 Å². The number of amides is 1. The summed E-state index contributed by atoms with van der Waals surface area (Å²) in [4.78, 5) is 23.8. The molecule has 0 bridgehead atoms. The normalized spacial score (nSPS) is 10.7. The fourth-order valence-electron chi connectivity index (χ4n) is 2.56. The standard InChI is InChI=1S/C19H16FNO4/c1-11-3-5-14-13(10-25-17(14)7-11)9-18(22)21-16-8-12(19(23)24-2)4-6-15(16)20/h3-8,10H,9H2,1-2H3,(H,21,22). The third kappa shape index (κ3) is 3.52. The molecule has 1 aromatic heterocycles. The van der Waals surface area contributed by atoms with Crippen LogP contribution in [0.25, 0.3) is 11.0 Å². The van der Waals surface area contributed by atoms with Gasteiger partial charge in [0.1, 0.15) is 11.4 Å². The number of methoxy groups -OCH3 is 1. The van der Waals surface area contributed by atoms with Crippen LogP contribution in [0.2, 0.25) is 0 Å². The van der Waals surface area contributed by atoms with Crippen molar-refractivity contribution in [3.05, 3.63) is 65.2 Å². The first-order valence-corrected chi connectivity index (χ1v) is 7.62. The lowest BCUT2D eigenvalue weighted by Crippen LogP contribution is -2.16. The first kappa shape index (κ1) is 16.7. The van der Waals surface area contributed by atoms with Gasteiger partial charge >= 0.3 is 5.97 Å². The third-order valence-corrected chi connectivity index (χ3v) is 3.82. The number of carbonyl (C=O) groups excluding carboxylic acids is 2. The molecule has 0 spiro atoms.